The monoisotopic (exact) mass is 397 g/mol. The average molecular weight is 398 g/mol. The summed E-state index contributed by atoms with van der Waals surface area (Å²) < 4.78 is 1.82. The van der Waals surface area contributed by atoms with Crippen molar-refractivity contribution in [1.29, 1.82) is 0 Å². The molecule has 2 amide bonds. The lowest BCUT2D eigenvalue weighted by Gasteiger charge is -2.33. The molecule has 29 heavy (non-hydrogen) atoms. The Bertz CT molecular complexity index is 833. The second-order valence-corrected chi connectivity index (χ2v) is 7.67. The number of nitrogens with zero attached hydrogens (tertiary/aromatic N) is 4. The summed E-state index contributed by atoms with van der Waals surface area (Å²) in [5.74, 6) is 0.615. The molecule has 156 valence electrons. The highest BCUT2D eigenvalue weighted by molar-refractivity contribution is 6.00. The lowest BCUT2D eigenvalue weighted by atomic mass is 10.1. The van der Waals surface area contributed by atoms with Gasteiger partial charge in [0.05, 0.1) is 12.2 Å². The van der Waals surface area contributed by atoms with Gasteiger partial charge >= 0.3 is 0 Å². The lowest BCUT2D eigenvalue weighted by Crippen LogP contribution is -2.52. The molecule has 2 aromatic rings. The predicted molar refractivity (Wildman–Crippen MR) is 114 cm³/mol. The first-order valence-electron chi connectivity index (χ1n) is 10.4. The summed E-state index contributed by atoms with van der Waals surface area (Å²) in [6, 6.07) is 11.7. The highest BCUT2D eigenvalue weighted by atomic mass is 16.2. The van der Waals surface area contributed by atoms with Crippen LogP contribution >= 0.6 is 0 Å². The first-order chi connectivity index (χ1) is 14.0. The molecule has 0 radical (unpaired) electrons. The van der Waals surface area contributed by atoms with Crippen LogP contribution in [0.2, 0.25) is 0 Å². The van der Waals surface area contributed by atoms with E-state index in [1.54, 1.807) is 4.90 Å². The molecule has 1 N–H and O–H groups in total. The molecule has 0 fully saturated rings. The SMILES string of the molecule is CC[C@@H](C(=O)NCCCN(C)Cc1ccccc1)N1C(=O)CCn2nc(C)cc21. The van der Waals surface area contributed by atoms with Crippen molar-refractivity contribution in [3.8, 4) is 0 Å². The molecule has 1 aliphatic heterocycles. The van der Waals surface area contributed by atoms with E-state index >= 15 is 0 Å². The molecule has 1 aromatic carbocycles. The highest BCUT2D eigenvalue weighted by Crippen LogP contribution is 2.26. The highest BCUT2D eigenvalue weighted by Gasteiger charge is 2.34. The molecule has 7 heteroatoms. The van der Waals surface area contributed by atoms with E-state index < -0.39 is 6.04 Å². The van der Waals surface area contributed by atoms with E-state index in [1.165, 1.54) is 5.56 Å². The number of benzene rings is 1. The standard InChI is InChI=1S/C22H31N5O2/c1-4-19(27-20-15-17(2)24-26(20)14-11-21(27)28)22(29)23-12-8-13-25(3)16-18-9-6-5-7-10-18/h5-7,9-10,15,19H,4,8,11-14,16H2,1-3H3,(H,23,29)/t19-/m0/s1. The summed E-state index contributed by atoms with van der Waals surface area (Å²) in [6.07, 6.45) is 1.80. The molecule has 0 saturated carbocycles. The first-order valence-corrected chi connectivity index (χ1v) is 10.4. The molecule has 0 spiro atoms. The van der Waals surface area contributed by atoms with Crippen LogP contribution in [0.4, 0.5) is 5.82 Å². The second kappa shape index (κ2) is 9.69. The summed E-state index contributed by atoms with van der Waals surface area (Å²) in [7, 11) is 2.08. The van der Waals surface area contributed by atoms with E-state index in [4.69, 9.17) is 0 Å². The number of carbonyl (C=O) groups is 2. The Morgan fingerprint density at radius 2 is 2.07 bits per heavy atom. The third-order valence-electron chi connectivity index (χ3n) is 5.25. The van der Waals surface area contributed by atoms with Crippen LogP contribution < -0.4 is 10.2 Å². The van der Waals surface area contributed by atoms with Crippen molar-refractivity contribution < 1.29 is 9.59 Å². The largest absolute Gasteiger partial charge is 0.354 e. The van der Waals surface area contributed by atoms with Gasteiger partial charge in [0, 0.05) is 25.6 Å². The zero-order valence-electron chi connectivity index (χ0n) is 17.6. The fourth-order valence-corrected chi connectivity index (χ4v) is 3.81. The molecule has 2 heterocycles. The van der Waals surface area contributed by atoms with Crippen molar-refractivity contribution in [2.24, 2.45) is 0 Å². The third-order valence-corrected chi connectivity index (χ3v) is 5.25. The molecular weight excluding hydrogens is 366 g/mol. The average Bonchev–Trinajstić information content (AvgIpc) is 3.08. The minimum atomic E-state index is -0.500. The molecule has 1 aliphatic rings. The van der Waals surface area contributed by atoms with Crippen LogP contribution in [0.5, 0.6) is 0 Å². The Balaban J connectivity index is 1.51. The van der Waals surface area contributed by atoms with Crippen LogP contribution in [0.25, 0.3) is 0 Å². The number of anilines is 1. The molecule has 0 unspecified atom stereocenters. The maximum Gasteiger partial charge on any atom is 0.243 e. The number of fused-ring (bicyclic) bond motifs is 1. The Kier molecular flexibility index (Phi) is 7.04. The molecule has 3 rings (SSSR count). The number of aromatic nitrogens is 2. The van der Waals surface area contributed by atoms with Crippen molar-refractivity contribution in [2.75, 3.05) is 25.0 Å². The Hall–Kier alpha value is -2.67. The van der Waals surface area contributed by atoms with Gasteiger partial charge in [-0.2, -0.15) is 5.10 Å². The quantitative estimate of drug-likeness (QED) is 0.660. The predicted octanol–water partition coefficient (Wildman–Crippen LogP) is 2.35. The zero-order chi connectivity index (χ0) is 20.8. The summed E-state index contributed by atoms with van der Waals surface area (Å²) in [5, 5.41) is 7.45. The second-order valence-electron chi connectivity index (χ2n) is 7.67. The van der Waals surface area contributed by atoms with Gasteiger partial charge in [-0.05, 0) is 38.9 Å². The number of carbonyl (C=O) groups excluding carboxylic acids is 2. The van der Waals surface area contributed by atoms with Crippen molar-refractivity contribution in [2.45, 2.75) is 52.2 Å². The summed E-state index contributed by atoms with van der Waals surface area (Å²) >= 11 is 0. The Morgan fingerprint density at radius 1 is 1.31 bits per heavy atom. The zero-order valence-corrected chi connectivity index (χ0v) is 17.6. The lowest BCUT2D eigenvalue weighted by molar-refractivity contribution is -0.127. The fourth-order valence-electron chi connectivity index (χ4n) is 3.81. The summed E-state index contributed by atoms with van der Waals surface area (Å²) in [6.45, 7) is 6.78. The van der Waals surface area contributed by atoms with E-state index in [1.807, 2.05) is 42.8 Å². The first kappa shape index (κ1) is 21.0. The molecule has 0 bridgehead atoms. The number of hydrogen-bond acceptors (Lipinski definition) is 4. The summed E-state index contributed by atoms with van der Waals surface area (Å²) in [4.78, 5) is 29.3. The number of nitrogens with one attached hydrogen (secondary N) is 1. The molecule has 7 nitrogen and oxygen atoms in total. The molecule has 1 atom stereocenters. The maximum absolute atomic E-state index is 12.8. The van der Waals surface area contributed by atoms with Gasteiger partial charge in [0.25, 0.3) is 0 Å². The van der Waals surface area contributed by atoms with Crippen LogP contribution in [-0.4, -0.2) is 52.7 Å². The molecular formula is C22H31N5O2. The smallest absolute Gasteiger partial charge is 0.243 e. The third kappa shape index (κ3) is 5.23. The van der Waals surface area contributed by atoms with E-state index in [-0.39, 0.29) is 11.8 Å². The Labute approximate surface area is 172 Å². The fraction of sp³-hybridized carbons (Fsp3) is 0.500. The minimum Gasteiger partial charge on any atom is -0.354 e. The maximum atomic E-state index is 12.8. The van der Waals surface area contributed by atoms with Gasteiger partial charge in [0.15, 0.2) is 0 Å². The van der Waals surface area contributed by atoms with Crippen LogP contribution in [-0.2, 0) is 22.7 Å². The number of aryl methyl sites for hydroxylation is 2. The van der Waals surface area contributed by atoms with Gasteiger partial charge in [-0.15, -0.1) is 0 Å². The van der Waals surface area contributed by atoms with Crippen LogP contribution in [0.1, 0.15) is 37.4 Å². The van der Waals surface area contributed by atoms with Crippen LogP contribution in [0.3, 0.4) is 0 Å². The van der Waals surface area contributed by atoms with E-state index in [0.29, 0.717) is 25.9 Å². The molecule has 0 saturated heterocycles. The van der Waals surface area contributed by atoms with Gasteiger partial charge in [0.2, 0.25) is 11.8 Å². The van der Waals surface area contributed by atoms with Crippen molar-refractivity contribution in [1.82, 2.24) is 20.0 Å². The normalized spacial score (nSPS) is 14.8. The van der Waals surface area contributed by atoms with Crippen molar-refractivity contribution >= 4 is 17.6 Å². The topological polar surface area (TPSA) is 70.5 Å². The molecule has 1 aromatic heterocycles. The van der Waals surface area contributed by atoms with Crippen LogP contribution in [0.15, 0.2) is 36.4 Å². The van der Waals surface area contributed by atoms with Gasteiger partial charge in [0.1, 0.15) is 11.9 Å². The van der Waals surface area contributed by atoms with Crippen molar-refractivity contribution in [3.63, 3.8) is 0 Å². The van der Waals surface area contributed by atoms with Crippen LogP contribution in [0, 0.1) is 6.92 Å². The van der Waals surface area contributed by atoms with Gasteiger partial charge in [-0.25, -0.2) is 4.68 Å². The number of hydrogen-bond donors (Lipinski definition) is 1. The summed E-state index contributed by atoms with van der Waals surface area (Å²) in [5.41, 5.74) is 2.14. The number of amides is 2. The van der Waals surface area contributed by atoms with E-state index in [9.17, 15) is 9.59 Å². The van der Waals surface area contributed by atoms with Gasteiger partial charge < -0.3 is 10.2 Å². The van der Waals surface area contributed by atoms with Crippen molar-refractivity contribution in [3.05, 3.63) is 47.7 Å². The van der Waals surface area contributed by atoms with E-state index in [2.05, 4.69) is 34.5 Å². The van der Waals surface area contributed by atoms with Gasteiger partial charge in [-0.1, -0.05) is 37.3 Å². The van der Waals surface area contributed by atoms with Gasteiger partial charge in [-0.3, -0.25) is 14.5 Å². The number of rotatable bonds is 9. The Morgan fingerprint density at radius 3 is 2.79 bits per heavy atom. The van der Waals surface area contributed by atoms with E-state index in [0.717, 1.165) is 31.0 Å². The minimum absolute atomic E-state index is 0.0120. The molecule has 0 aliphatic carbocycles.